The highest BCUT2D eigenvalue weighted by Crippen LogP contribution is 2.25. The Morgan fingerprint density at radius 3 is 2.48 bits per heavy atom. The van der Waals surface area contributed by atoms with Crippen LogP contribution < -0.4 is 10.6 Å². The predicted molar refractivity (Wildman–Crippen MR) is 117 cm³/mol. The summed E-state index contributed by atoms with van der Waals surface area (Å²) in [6, 6.07) is 16.5. The summed E-state index contributed by atoms with van der Waals surface area (Å²) in [6.45, 7) is 2.11. The quantitative estimate of drug-likeness (QED) is 0.613. The lowest BCUT2D eigenvalue weighted by Gasteiger charge is -2.30. The molecule has 1 aromatic heterocycles. The van der Waals surface area contributed by atoms with E-state index in [-0.39, 0.29) is 24.4 Å². The smallest absolute Gasteiger partial charge is 0.251 e. The number of hydrogen-bond acceptors (Lipinski definition) is 3. The molecule has 1 aliphatic carbocycles. The van der Waals surface area contributed by atoms with Gasteiger partial charge in [0.05, 0.1) is 5.52 Å². The topological polar surface area (TPSA) is 54.0 Å². The summed E-state index contributed by atoms with van der Waals surface area (Å²) in [4.78, 5) is 17.0. The average molecular weight is 414 g/mol. The van der Waals surface area contributed by atoms with Gasteiger partial charge in [0, 0.05) is 23.0 Å². The van der Waals surface area contributed by atoms with E-state index in [1.54, 1.807) is 12.1 Å². The van der Waals surface area contributed by atoms with Crippen molar-refractivity contribution >= 4 is 35.0 Å². The van der Waals surface area contributed by atoms with Crippen LogP contribution in [0.5, 0.6) is 0 Å². The van der Waals surface area contributed by atoms with Crippen LogP contribution in [0.15, 0.2) is 54.6 Å². The van der Waals surface area contributed by atoms with E-state index in [1.807, 2.05) is 18.2 Å². The van der Waals surface area contributed by atoms with Gasteiger partial charge in [0.15, 0.2) is 0 Å². The third-order valence-corrected chi connectivity index (χ3v) is 5.42. The van der Waals surface area contributed by atoms with Crippen LogP contribution >= 0.6 is 12.4 Å². The molecular formula is C23H25ClFN3O. The van der Waals surface area contributed by atoms with E-state index in [4.69, 9.17) is 4.98 Å². The first-order valence-electron chi connectivity index (χ1n) is 9.78. The summed E-state index contributed by atoms with van der Waals surface area (Å²) < 4.78 is 13.3. The number of nitrogens with one attached hydrogen (secondary N) is 2. The molecule has 1 aliphatic rings. The summed E-state index contributed by atoms with van der Waals surface area (Å²) in [5.74, 6) is 0.310. The Morgan fingerprint density at radius 1 is 1.00 bits per heavy atom. The van der Waals surface area contributed by atoms with Gasteiger partial charge in [-0.2, -0.15) is 0 Å². The van der Waals surface area contributed by atoms with Gasteiger partial charge in [0.1, 0.15) is 11.6 Å². The van der Waals surface area contributed by atoms with Gasteiger partial charge in [-0.25, -0.2) is 9.37 Å². The zero-order valence-electron chi connectivity index (χ0n) is 16.3. The number of benzene rings is 2. The Balaban J connectivity index is 0.00000240. The molecule has 6 heteroatoms. The van der Waals surface area contributed by atoms with Crippen LogP contribution in [-0.4, -0.2) is 23.0 Å². The van der Waals surface area contributed by atoms with Crippen molar-refractivity contribution in [2.75, 3.05) is 5.32 Å². The first-order chi connectivity index (χ1) is 13.6. The number of hydrogen-bond donors (Lipinski definition) is 2. The highest BCUT2D eigenvalue weighted by atomic mass is 35.5. The first-order valence-corrected chi connectivity index (χ1v) is 9.78. The lowest BCUT2D eigenvalue weighted by Crippen LogP contribution is -2.40. The van der Waals surface area contributed by atoms with Crippen molar-refractivity contribution < 1.29 is 9.18 Å². The maximum Gasteiger partial charge on any atom is 0.251 e. The standard InChI is InChI=1S/C23H24FN3O.ClH/c1-15-13-22(27-21-8-3-2-7-20(15)21)25-18-9-11-19(12-10-18)26-23(28)16-5-4-6-17(24)14-16;/h2-8,13-14,18-19H,9-12H2,1H3,(H,25,27)(H,26,28);1H/t18-,19+;. The molecular weight excluding hydrogens is 389 g/mol. The summed E-state index contributed by atoms with van der Waals surface area (Å²) >= 11 is 0. The monoisotopic (exact) mass is 413 g/mol. The van der Waals surface area contributed by atoms with E-state index >= 15 is 0 Å². The van der Waals surface area contributed by atoms with Crippen LogP contribution in [0, 0.1) is 12.7 Å². The molecule has 152 valence electrons. The second kappa shape index (κ2) is 9.23. The van der Waals surface area contributed by atoms with Crippen molar-refractivity contribution in [1.82, 2.24) is 10.3 Å². The van der Waals surface area contributed by atoms with Crippen molar-refractivity contribution in [2.24, 2.45) is 0 Å². The summed E-state index contributed by atoms with van der Waals surface area (Å²) in [7, 11) is 0. The van der Waals surface area contributed by atoms with Crippen molar-refractivity contribution in [3.63, 3.8) is 0 Å². The first kappa shape index (κ1) is 21.1. The maximum atomic E-state index is 13.3. The molecule has 2 aromatic carbocycles. The van der Waals surface area contributed by atoms with E-state index in [9.17, 15) is 9.18 Å². The van der Waals surface area contributed by atoms with Crippen LogP contribution in [0.4, 0.5) is 10.2 Å². The molecule has 4 nitrogen and oxygen atoms in total. The molecule has 4 rings (SSSR count). The molecule has 0 saturated heterocycles. The second-order valence-corrected chi connectivity index (χ2v) is 7.52. The Hall–Kier alpha value is -2.66. The Morgan fingerprint density at radius 2 is 1.72 bits per heavy atom. The molecule has 1 saturated carbocycles. The third-order valence-electron chi connectivity index (χ3n) is 5.42. The molecule has 1 fully saturated rings. The SMILES string of the molecule is Cc1cc(N[C@H]2CC[C@@H](NC(=O)c3cccc(F)c3)CC2)nc2ccccc12.Cl. The van der Waals surface area contributed by atoms with Gasteiger partial charge < -0.3 is 10.6 Å². The van der Waals surface area contributed by atoms with Gasteiger partial charge in [0.2, 0.25) is 0 Å². The molecule has 2 N–H and O–H groups in total. The van der Waals surface area contributed by atoms with E-state index in [2.05, 4.69) is 29.7 Å². The summed E-state index contributed by atoms with van der Waals surface area (Å²) in [6.07, 6.45) is 3.71. The number of aromatic nitrogens is 1. The Kier molecular flexibility index (Phi) is 6.70. The lowest BCUT2D eigenvalue weighted by molar-refractivity contribution is 0.0926. The van der Waals surface area contributed by atoms with E-state index < -0.39 is 5.82 Å². The fourth-order valence-electron chi connectivity index (χ4n) is 3.91. The van der Waals surface area contributed by atoms with E-state index in [0.29, 0.717) is 11.6 Å². The van der Waals surface area contributed by atoms with Crippen LogP contribution in [0.2, 0.25) is 0 Å². The second-order valence-electron chi connectivity index (χ2n) is 7.52. The average Bonchev–Trinajstić information content (AvgIpc) is 2.69. The van der Waals surface area contributed by atoms with Crippen LogP contribution in [-0.2, 0) is 0 Å². The zero-order valence-corrected chi connectivity index (χ0v) is 17.1. The lowest BCUT2D eigenvalue weighted by atomic mass is 9.91. The number of aryl methyl sites for hydroxylation is 1. The number of pyridine rings is 1. The molecule has 1 heterocycles. The van der Waals surface area contributed by atoms with Crippen molar-refractivity contribution in [3.05, 3.63) is 71.5 Å². The minimum atomic E-state index is -0.390. The van der Waals surface area contributed by atoms with Gasteiger partial charge in [-0.1, -0.05) is 24.3 Å². The molecule has 0 spiro atoms. The molecule has 3 aromatic rings. The Bertz CT molecular complexity index is 1000. The number of anilines is 1. The number of halogens is 2. The molecule has 0 bridgehead atoms. The fraction of sp³-hybridized carbons (Fsp3) is 0.304. The number of para-hydroxylation sites is 1. The molecule has 0 unspecified atom stereocenters. The van der Waals surface area contributed by atoms with Crippen molar-refractivity contribution in [3.8, 4) is 0 Å². The van der Waals surface area contributed by atoms with E-state index in [1.165, 1.54) is 23.1 Å². The third kappa shape index (κ3) is 5.04. The predicted octanol–water partition coefficient (Wildman–Crippen LogP) is 5.26. The fourth-order valence-corrected chi connectivity index (χ4v) is 3.91. The molecule has 29 heavy (non-hydrogen) atoms. The zero-order chi connectivity index (χ0) is 19.5. The number of carbonyl (C=O) groups excluding carboxylic acids is 1. The maximum absolute atomic E-state index is 13.3. The van der Waals surface area contributed by atoms with Gasteiger partial charge in [-0.3, -0.25) is 4.79 Å². The van der Waals surface area contributed by atoms with Gasteiger partial charge in [-0.15, -0.1) is 12.4 Å². The minimum absolute atomic E-state index is 0. The number of rotatable bonds is 4. The minimum Gasteiger partial charge on any atom is -0.367 e. The van der Waals surface area contributed by atoms with Crippen molar-refractivity contribution in [1.29, 1.82) is 0 Å². The number of fused-ring (bicyclic) bond motifs is 1. The Labute approximate surface area is 176 Å². The largest absolute Gasteiger partial charge is 0.367 e. The van der Waals surface area contributed by atoms with Crippen LogP contribution in [0.25, 0.3) is 10.9 Å². The summed E-state index contributed by atoms with van der Waals surface area (Å²) in [5, 5.41) is 7.76. The summed E-state index contributed by atoms with van der Waals surface area (Å²) in [5.41, 5.74) is 2.58. The van der Waals surface area contributed by atoms with Gasteiger partial charge in [0.25, 0.3) is 5.91 Å². The van der Waals surface area contributed by atoms with Gasteiger partial charge in [-0.05, 0) is 68.5 Å². The molecule has 0 atom stereocenters. The van der Waals surface area contributed by atoms with E-state index in [0.717, 1.165) is 37.0 Å². The molecule has 0 radical (unpaired) electrons. The van der Waals surface area contributed by atoms with Crippen LogP contribution in [0.1, 0.15) is 41.6 Å². The van der Waals surface area contributed by atoms with Gasteiger partial charge >= 0.3 is 0 Å². The molecule has 1 amide bonds. The molecule has 0 aliphatic heterocycles. The highest BCUT2D eigenvalue weighted by Gasteiger charge is 2.23. The van der Waals surface area contributed by atoms with Crippen molar-refractivity contribution in [2.45, 2.75) is 44.7 Å². The number of carbonyl (C=O) groups is 1. The van der Waals surface area contributed by atoms with Crippen LogP contribution in [0.3, 0.4) is 0 Å². The normalized spacial score (nSPS) is 18.7. The highest BCUT2D eigenvalue weighted by molar-refractivity contribution is 5.94. The number of nitrogens with zero attached hydrogens (tertiary/aromatic N) is 1. The number of amides is 1.